The van der Waals surface area contributed by atoms with Crippen molar-refractivity contribution in [2.24, 2.45) is 5.92 Å². The highest BCUT2D eigenvalue weighted by atomic mass is 16.2. The van der Waals surface area contributed by atoms with Gasteiger partial charge in [-0.1, -0.05) is 12.5 Å². The number of hydrogen-bond donors (Lipinski definition) is 0. The van der Waals surface area contributed by atoms with Crippen molar-refractivity contribution in [3.63, 3.8) is 0 Å². The van der Waals surface area contributed by atoms with Gasteiger partial charge in [-0.25, -0.2) is 9.97 Å². The van der Waals surface area contributed by atoms with E-state index in [0.717, 1.165) is 94.2 Å². The minimum absolute atomic E-state index is 0.251. The average Bonchev–Trinajstić information content (AvgIpc) is 2.77. The first-order valence-corrected chi connectivity index (χ1v) is 12.0. The summed E-state index contributed by atoms with van der Waals surface area (Å²) in [6.07, 6.45) is 10.4. The van der Waals surface area contributed by atoms with Gasteiger partial charge in [0, 0.05) is 67.6 Å². The van der Waals surface area contributed by atoms with E-state index in [1.165, 1.54) is 12.0 Å². The average molecular weight is 420 g/mol. The Morgan fingerprint density at radius 1 is 1.10 bits per heavy atom. The Hall–Kier alpha value is -2.50. The quantitative estimate of drug-likeness (QED) is 0.740. The number of hydrogen-bond acceptors (Lipinski definition) is 5. The van der Waals surface area contributed by atoms with Gasteiger partial charge < -0.3 is 9.80 Å². The minimum atomic E-state index is 0.251. The number of aryl methyl sites for hydroxylation is 1. The van der Waals surface area contributed by atoms with Crippen molar-refractivity contribution in [2.45, 2.75) is 64.2 Å². The normalized spacial score (nSPS) is 21.5. The first-order chi connectivity index (χ1) is 15.2. The summed E-state index contributed by atoms with van der Waals surface area (Å²) in [7, 11) is 0. The van der Waals surface area contributed by atoms with E-state index in [9.17, 15) is 4.79 Å². The van der Waals surface area contributed by atoms with Crippen LogP contribution in [0.15, 0.2) is 24.4 Å². The molecule has 2 aromatic rings. The summed E-state index contributed by atoms with van der Waals surface area (Å²) in [4.78, 5) is 31.9. The Bertz CT molecular complexity index is 927. The van der Waals surface area contributed by atoms with Crippen LogP contribution in [-0.4, -0.2) is 51.9 Å². The van der Waals surface area contributed by atoms with Crippen molar-refractivity contribution >= 4 is 11.7 Å². The summed E-state index contributed by atoms with van der Waals surface area (Å²) in [5.74, 6) is 2.94. The molecule has 0 bridgehead atoms. The second-order valence-electron chi connectivity index (χ2n) is 9.38. The highest BCUT2D eigenvalue weighted by Gasteiger charge is 2.34. The van der Waals surface area contributed by atoms with Crippen molar-refractivity contribution in [1.82, 2.24) is 19.9 Å². The smallest absolute Gasteiger partial charge is 0.225 e. The van der Waals surface area contributed by atoms with Gasteiger partial charge in [-0.05, 0) is 57.6 Å². The fourth-order valence-electron chi connectivity index (χ4n) is 5.21. The van der Waals surface area contributed by atoms with Crippen molar-refractivity contribution in [3.8, 4) is 0 Å². The molecule has 6 heteroatoms. The van der Waals surface area contributed by atoms with Crippen LogP contribution in [0.4, 0.5) is 5.82 Å². The molecule has 5 rings (SSSR count). The second kappa shape index (κ2) is 8.93. The van der Waals surface area contributed by atoms with Crippen LogP contribution in [0.25, 0.3) is 0 Å². The number of carbonyl (C=O) groups is 1. The molecule has 1 saturated carbocycles. The maximum Gasteiger partial charge on any atom is 0.225 e. The minimum Gasteiger partial charge on any atom is -0.356 e. The lowest BCUT2D eigenvalue weighted by molar-refractivity contribution is -0.139. The first kappa shape index (κ1) is 20.4. The topological polar surface area (TPSA) is 62.2 Å². The summed E-state index contributed by atoms with van der Waals surface area (Å²) in [5, 5.41) is 0. The molecule has 0 spiro atoms. The van der Waals surface area contributed by atoms with Crippen LogP contribution >= 0.6 is 0 Å². The van der Waals surface area contributed by atoms with E-state index in [-0.39, 0.29) is 11.8 Å². The van der Waals surface area contributed by atoms with Crippen LogP contribution in [-0.2, 0) is 17.6 Å². The van der Waals surface area contributed by atoms with Gasteiger partial charge >= 0.3 is 0 Å². The van der Waals surface area contributed by atoms with Gasteiger partial charge in [0.2, 0.25) is 5.91 Å². The molecule has 6 nitrogen and oxygen atoms in total. The largest absolute Gasteiger partial charge is 0.356 e. The molecule has 2 aliphatic heterocycles. The third kappa shape index (κ3) is 4.30. The molecule has 164 valence electrons. The molecule has 1 atom stereocenters. The van der Waals surface area contributed by atoms with Crippen LogP contribution in [0.2, 0.25) is 0 Å². The van der Waals surface area contributed by atoms with Crippen molar-refractivity contribution in [3.05, 3.63) is 47.2 Å². The molecule has 1 aliphatic carbocycles. The summed E-state index contributed by atoms with van der Waals surface area (Å²) in [5.41, 5.74) is 3.54. The van der Waals surface area contributed by atoms with E-state index < -0.39 is 0 Å². The molecule has 1 saturated heterocycles. The second-order valence-corrected chi connectivity index (χ2v) is 9.38. The number of piperidine rings is 1. The molecule has 31 heavy (non-hydrogen) atoms. The van der Waals surface area contributed by atoms with Gasteiger partial charge in [-0.2, -0.15) is 0 Å². The zero-order valence-electron chi connectivity index (χ0n) is 18.6. The van der Waals surface area contributed by atoms with Gasteiger partial charge in [0.15, 0.2) is 0 Å². The van der Waals surface area contributed by atoms with Crippen molar-refractivity contribution in [1.29, 1.82) is 0 Å². The van der Waals surface area contributed by atoms with Crippen LogP contribution in [0.3, 0.4) is 0 Å². The van der Waals surface area contributed by atoms with E-state index in [1.54, 1.807) is 0 Å². The number of aromatic nitrogens is 3. The third-order valence-electron chi connectivity index (χ3n) is 7.28. The number of likely N-dealkylation sites (tertiary alicyclic amines) is 1. The lowest BCUT2D eigenvalue weighted by atomic mass is 9.83. The number of rotatable bonds is 5. The maximum atomic E-state index is 12.8. The fourth-order valence-corrected chi connectivity index (χ4v) is 5.21. The summed E-state index contributed by atoms with van der Waals surface area (Å²) < 4.78 is 0. The molecule has 0 radical (unpaired) electrons. The van der Waals surface area contributed by atoms with Crippen molar-refractivity contribution in [2.75, 3.05) is 31.1 Å². The van der Waals surface area contributed by atoms with Gasteiger partial charge in [0.25, 0.3) is 0 Å². The fraction of sp³-hybridized carbons (Fsp3) is 0.600. The molecule has 2 aromatic heterocycles. The van der Waals surface area contributed by atoms with Crippen molar-refractivity contribution < 1.29 is 4.79 Å². The zero-order chi connectivity index (χ0) is 21.2. The number of pyridine rings is 1. The summed E-state index contributed by atoms with van der Waals surface area (Å²) in [6, 6.07) is 6.11. The van der Waals surface area contributed by atoms with Gasteiger partial charge in [0.05, 0.1) is 0 Å². The molecular formula is C25H33N5O. The molecule has 0 unspecified atom stereocenters. The molecule has 2 fully saturated rings. The predicted molar refractivity (Wildman–Crippen MR) is 121 cm³/mol. The number of nitrogens with zero attached hydrogens (tertiary/aromatic N) is 5. The first-order valence-electron chi connectivity index (χ1n) is 12.0. The molecule has 1 amide bonds. The monoisotopic (exact) mass is 419 g/mol. The standard InChI is InChI=1S/C25H33N5O/c1-18-22-11-6-14-29(16-12-21-10-2-3-13-26-21)24(22)28-23(27-18)20-9-5-15-30(17-20)25(31)19-7-4-8-19/h2-3,10,13,19-20H,4-9,11-12,14-17H2,1H3/t20-/m1/s1. The summed E-state index contributed by atoms with van der Waals surface area (Å²) in [6.45, 7) is 5.77. The van der Waals surface area contributed by atoms with Crippen LogP contribution < -0.4 is 4.90 Å². The van der Waals surface area contributed by atoms with Gasteiger partial charge in [-0.15, -0.1) is 0 Å². The SMILES string of the molecule is Cc1nc([C@@H]2CCCN(C(=O)C3CCC3)C2)nc2c1CCCN2CCc1ccccn1. The molecule has 0 N–H and O–H groups in total. The number of carbonyl (C=O) groups excluding carboxylic acids is 1. The molecular weight excluding hydrogens is 386 g/mol. The molecule has 4 heterocycles. The van der Waals surface area contributed by atoms with Gasteiger partial charge in [-0.3, -0.25) is 9.78 Å². The van der Waals surface area contributed by atoms with Crippen LogP contribution in [0.1, 0.15) is 67.2 Å². The summed E-state index contributed by atoms with van der Waals surface area (Å²) >= 11 is 0. The maximum absolute atomic E-state index is 12.8. The molecule has 3 aliphatic rings. The van der Waals surface area contributed by atoms with E-state index in [2.05, 4.69) is 33.8 Å². The highest BCUT2D eigenvalue weighted by molar-refractivity contribution is 5.79. The Kier molecular flexibility index (Phi) is 5.88. The zero-order valence-corrected chi connectivity index (χ0v) is 18.6. The van der Waals surface area contributed by atoms with E-state index in [0.29, 0.717) is 5.91 Å². The number of fused-ring (bicyclic) bond motifs is 1. The van der Waals surface area contributed by atoms with E-state index in [1.807, 2.05) is 12.3 Å². The third-order valence-corrected chi connectivity index (χ3v) is 7.28. The number of anilines is 1. The Morgan fingerprint density at radius 3 is 2.77 bits per heavy atom. The van der Waals surface area contributed by atoms with Crippen LogP contribution in [0, 0.1) is 12.8 Å². The highest BCUT2D eigenvalue weighted by Crippen LogP contribution is 2.34. The Labute approximate surface area is 185 Å². The van der Waals surface area contributed by atoms with Gasteiger partial charge in [0.1, 0.15) is 11.6 Å². The Morgan fingerprint density at radius 2 is 2.00 bits per heavy atom. The lowest BCUT2D eigenvalue weighted by Gasteiger charge is -2.37. The predicted octanol–water partition coefficient (Wildman–Crippen LogP) is 3.68. The Balaban J connectivity index is 1.34. The van der Waals surface area contributed by atoms with Crippen LogP contribution in [0.5, 0.6) is 0 Å². The van der Waals surface area contributed by atoms with E-state index in [4.69, 9.17) is 9.97 Å². The lowest BCUT2D eigenvalue weighted by Crippen LogP contribution is -2.44. The molecule has 0 aromatic carbocycles. The number of amides is 1. The van der Waals surface area contributed by atoms with E-state index >= 15 is 0 Å².